The third kappa shape index (κ3) is 5.27. The largest absolute Gasteiger partial charge is 0.366 e. The summed E-state index contributed by atoms with van der Waals surface area (Å²) < 4.78 is 12.2. The van der Waals surface area contributed by atoms with Crippen LogP contribution in [0, 0.1) is 5.82 Å². The van der Waals surface area contributed by atoms with E-state index in [9.17, 15) is 9.18 Å². The summed E-state index contributed by atoms with van der Waals surface area (Å²) in [5, 5.41) is 0. The Labute approximate surface area is 107 Å². The molecule has 2 rings (SSSR count). The maximum absolute atomic E-state index is 12.2. The highest BCUT2D eigenvalue weighted by molar-refractivity contribution is 5.92. The van der Waals surface area contributed by atoms with Crippen LogP contribution in [0.1, 0.15) is 49.4 Å². The van der Waals surface area contributed by atoms with Gasteiger partial charge in [0.1, 0.15) is 5.82 Å². The predicted octanol–water partition coefficient (Wildman–Crippen LogP) is 2.59. The molecule has 1 aliphatic carbocycles. The van der Waals surface area contributed by atoms with Gasteiger partial charge in [0, 0.05) is 11.1 Å². The average molecular weight is 252 g/mol. The number of rotatable bonds is 4. The summed E-state index contributed by atoms with van der Waals surface area (Å²) in [5.74, 6) is -0.912. The zero-order chi connectivity index (χ0) is 13.6. The number of amides is 1. The Morgan fingerprint density at radius 1 is 1.33 bits per heavy atom. The third-order valence-corrected chi connectivity index (χ3v) is 3.05. The molecule has 4 N–H and O–H groups in total. The van der Waals surface area contributed by atoms with Gasteiger partial charge in [-0.25, -0.2) is 4.39 Å². The van der Waals surface area contributed by atoms with Crippen molar-refractivity contribution in [1.82, 2.24) is 0 Å². The van der Waals surface area contributed by atoms with E-state index in [4.69, 9.17) is 11.5 Å². The summed E-state index contributed by atoms with van der Waals surface area (Å²) in [6.07, 6.45) is 6.40. The van der Waals surface area contributed by atoms with Crippen molar-refractivity contribution < 1.29 is 9.18 Å². The highest BCUT2D eigenvalue weighted by Crippen LogP contribution is 2.36. The predicted molar refractivity (Wildman–Crippen MR) is 70.6 cm³/mol. The lowest BCUT2D eigenvalue weighted by Gasteiger charge is -2.04. The number of carbonyl (C=O) groups is 1. The molecule has 1 aliphatic rings. The fourth-order valence-corrected chi connectivity index (χ4v) is 1.55. The van der Waals surface area contributed by atoms with Crippen molar-refractivity contribution in [3.8, 4) is 0 Å². The van der Waals surface area contributed by atoms with E-state index >= 15 is 0 Å². The van der Waals surface area contributed by atoms with Crippen molar-refractivity contribution >= 4 is 5.91 Å². The highest BCUT2D eigenvalue weighted by Gasteiger charge is 2.36. The highest BCUT2D eigenvalue weighted by atomic mass is 19.1. The Balaban J connectivity index is 0.000000184. The lowest BCUT2D eigenvalue weighted by Crippen LogP contribution is -2.20. The molecule has 0 aromatic heterocycles. The van der Waals surface area contributed by atoms with Gasteiger partial charge in [0.2, 0.25) is 5.91 Å². The van der Waals surface area contributed by atoms with E-state index in [1.54, 1.807) is 0 Å². The van der Waals surface area contributed by atoms with Crippen molar-refractivity contribution in [2.45, 2.75) is 44.6 Å². The number of hydrogen-bond donors (Lipinski definition) is 2. The minimum atomic E-state index is -0.542. The smallest absolute Gasteiger partial charge is 0.248 e. The molecule has 1 amide bonds. The number of halogens is 1. The number of benzene rings is 1. The zero-order valence-electron chi connectivity index (χ0n) is 10.8. The first-order valence-electron chi connectivity index (χ1n) is 6.31. The zero-order valence-corrected chi connectivity index (χ0v) is 10.8. The van der Waals surface area contributed by atoms with Crippen LogP contribution in [0.5, 0.6) is 0 Å². The molecule has 0 heterocycles. The van der Waals surface area contributed by atoms with Crippen LogP contribution in [0.25, 0.3) is 0 Å². The Kier molecular flexibility index (Phi) is 5.28. The molecular weight excluding hydrogens is 231 g/mol. The van der Waals surface area contributed by atoms with E-state index in [2.05, 4.69) is 6.92 Å². The Hall–Kier alpha value is -1.42. The summed E-state index contributed by atoms with van der Waals surface area (Å²) in [6.45, 7) is 2.21. The number of carbonyl (C=O) groups excluding carboxylic acids is 1. The Morgan fingerprint density at radius 3 is 2.28 bits per heavy atom. The van der Waals surface area contributed by atoms with Gasteiger partial charge in [-0.1, -0.05) is 19.8 Å². The second kappa shape index (κ2) is 6.50. The fraction of sp³-hybridized carbons (Fsp3) is 0.500. The van der Waals surface area contributed by atoms with Crippen LogP contribution in [-0.2, 0) is 0 Å². The lowest BCUT2D eigenvalue weighted by molar-refractivity contribution is 0.100. The van der Waals surface area contributed by atoms with Crippen LogP contribution in [0.3, 0.4) is 0 Å². The number of nitrogens with two attached hydrogens (primary N) is 2. The molecule has 1 aromatic rings. The molecule has 0 saturated heterocycles. The molecule has 18 heavy (non-hydrogen) atoms. The molecule has 0 bridgehead atoms. The maximum Gasteiger partial charge on any atom is 0.248 e. The SMILES string of the molecule is CCCCC1(N)CC1.NC(=O)c1ccc(F)cc1. The van der Waals surface area contributed by atoms with Crippen LogP contribution < -0.4 is 11.5 Å². The van der Waals surface area contributed by atoms with Crippen LogP contribution in [0.4, 0.5) is 4.39 Å². The van der Waals surface area contributed by atoms with E-state index in [1.807, 2.05) is 0 Å². The first-order valence-corrected chi connectivity index (χ1v) is 6.31. The topological polar surface area (TPSA) is 69.1 Å². The first kappa shape index (κ1) is 14.6. The van der Waals surface area contributed by atoms with Crippen molar-refractivity contribution in [3.63, 3.8) is 0 Å². The van der Waals surface area contributed by atoms with Gasteiger partial charge >= 0.3 is 0 Å². The maximum atomic E-state index is 12.2. The summed E-state index contributed by atoms with van der Waals surface area (Å²) in [7, 11) is 0. The van der Waals surface area contributed by atoms with Crippen molar-refractivity contribution in [2.75, 3.05) is 0 Å². The lowest BCUT2D eigenvalue weighted by atomic mass is 10.1. The van der Waals surface area contributed by atoms with Gasteiger partial charge in [0.05, 0.1) is 0 Å². The van der Waals surface area contributed by atoms with Gasteiger partial charge in [0.15, 0.2) is 0 Å². The molecule has 100 valence electrons. The summed E-state index contributed by atoms with van der Waals surface area (Å²) in [5.41, 5.74) is 11.4. The molecule has 0 aliphatic heterocycles. The van der Waals surface area contributed by atoms with Gasteiger partial charge in [-0.05, 0) is 43.5 Å². The molecule has 1 aromatic carbocycles. The minimum absolute atomic E-state index is 0.302. The standard InChI is InChI=1S/C7H6FNO.C7H15N/c8-6-3-1-5(2-4-6)7(9)10;1-2-3-4-7(8)5-6-7/h1-4H,(H2,9,10);2-6,8H2,1H3. The molecular formula is C14H21FN2O. The van der Waals surface area contributed by atoms with E-state index < -0.39 is 5.91 Å². The summed E-state index contributed by atoms with van der Waals surface area (Å²) in [4.78, 5) is 10.4. The van der Waals surface area contributed by atoms with E-state index in [0.29, 0.717) is 11.1 Å². The van der Waals surface area contributed by atoms with Crippen molar-refractivity contribution in [3.05, 3.63) is 35.6 Å². The molecule has 0 unspecified atom stereocenters. The van der Waals surface area contributed by atoms with Gasteiger partial charge in [-0.2, -0.15) is 0 Å². The van der Waals surface area contributed by atoms with E-state index in [1.165, 1.54) is 56.4 Å². The number of primary amides is 1. The van der Waals surface area contributed by atoms with Crippen molar-refractivity contribution in [2.24, 2.45) is 11.5 Å². The molecule has 0 radical (unpaired) electrons. The minimum Gasteiger partial charge on any atom is -0.366 e. The van der Waals surface area contributed by atoms with Gasteiger partial charge < -0.3 is 11.5 Å². The molecule has 0 spiro atoms. The Bertz CT molecular complexity index is 385. The summed E-state index contributed by atoms with van der Waals surface area (Å²) in [6, 6.07) is 5.08. The van der Waals surface area contributed by atoms with E-state index in [-0.39, 0.29) is 5.82 Å². The van der Waals surface area contributed by atoms with Gasteiger partial charge in [-0.15, -0.1) is 0 Å². The molecule has 0 atom stereocenters. The second-order valence-electron chi connectivity index (χ2n) is 4.84. The molecule has 1 saturated carbocycles. The molecule has 4 heteroatoms. The quantitative estimate of drug-likeness (QED) is 0.864. The second-order valence-corrected chi connectivity index (χ2v) is 4.84. The van der Waals surface area contributed by atoms with Crippen LogP contribution >= 0.6 is 0 Å². The van der Waals surface area contributed by atoms with Crippen LogP contribution in [0.15, 0.2) is 24.3 Å². The first-order chi connectivity index (χ1) is 8.47. The molecule has 1 fully saturated rings. The van der Waals surface area contributed by atoms with Gasteiger partial charge in [0.25, 0.3) is 0 Å². The number of hydrogen-bond acceptors (Lipinski definition) is 2. The fourth-order valence-electron chi connectivity index (χ4n) is 1.55. The van der Waals surface area contributed by atoms with Crippen LogP contribution in [0.2, 0.25) is 0 Å². The molecule has 3 nitrogen and oxygen atoms in total. The average Bonchev–Trinajstić information content (AvgIpc) is 3.07. The monoisotopic (exact) mass is 252 g/mol. The Morgan fingerprint density at radius 2 is 1.89 bits per heavy atom. The third-order valence-electron chi connectivity index (χ3n) is 3.05. The normalized spacial score (nSPS) is 15.5. The van der Waals surface area contributed by atoms with Crippen LogP contribution in [-0.4, -0.2) is 11.4 Å². The summed E-state index contributed by atoms with van der Waals surface area (Å²) >= 11 is 0. The van der Waals surface area contributed by atoms with Gasteiger partial charge in [-0.3, -0.25) is 4.79 Å². The number of unbranched alkanes of at least 4 members (excludes halogenated alkanes) is 1. The van der Waals surface area contributed by atoms with Crippen molar-refractivity contribution in [1.29, 1.82) is 0 Å². The van der Waals surface area contributed by atoms with E-state index in [0.717, 1.165) is 0 Å².